The summed E-state index contributed by atoms with van der Waals surface area (Å²) in [5, 5.41) is 8.30. The van der Waals surface area contributed by atoms with Crippen molar-refractivity contribution in [3.63, 3.8) is 0 Å². The maximum atomic E-state index is 5.75. The van der Waals surface area contributed by atoms with Crippen LogP contribution in [0.1, 0.15) is 24.2 Å². The van der Waals surface area contributed by atoms with Gasteiger partial charge in [0.05, 0.1) is 31.1 Å². The normalized spacial score (nSPS) is 22.7. The number of piperidine rings is 1. The summed E-state index contributed by atoms with van der Waals surface area (Å²) in [6.45, 7) is 6.85. The number of hydrogen-bond acceptors (Lipinski definition) is 6. The highest BCUT2D eigenvalue weighted by Crippen LogP contribution is 2.31. The van der Waals surface area contributed by atoms with Gasteiger partial charge in [-0.25, -0.2) is 4.98 Å². The molecule has 1 aromatic rings. The molecule has 1 aromatic heterocycles. The molecule has 2 aliphatic rings. The number of rotatable bonds is 1. The van der Waals surface area contributed by atoms with Crippen LogP contribution >= 0.6 is 0 Å². The van der Waals surface area contributed by atoms with Crippen molar-refractivity contribution < 1.29 is 9.47 Å². The summed E-state index contributed by atoms with van der Waals surface area (Å²) in [5.41, 5.74) is 1.80. The standard InChI is InChI=1S/C12H18N4O2/c1-9-10(2)14-15-11(13-9)16-5-3-4-12(8-16)17-6-7-18-12/h3-8H2,1-2H3. The van der Waals surface area contributed by atoms with Crippen molar-refractivity contribution >= 4 is 5.95 Å². The zero-order chi connectivity index (χ0) is 12.6. The molecule has 2 aliphatic heterocycles. The Hall–Kier alpha value is -1.27. The van der Waals surface area contributed by atoms with E-state index in [4.69, 9.17) is 9.47 Å². The molecule has 2 fully saturated rings. The van der Waals surface area contributed by atoms with Crippen LogP contribution in [-0.2, 0) is 9.47 Å². The van der Waals surface area contributed by atoms with E-state index in [-0.39, 0.29) is 0 Å². The van der Waals surface area contributed by atoms with Gasteiger partial charge in [-0.2, -0.15) is 5.10 Å². The van der Waals surface area contributed by atoms with Gasteiger partial charge in [-0.15, -0.1) is 5.10 Å². The molecular formula is C12H18N4O2. The molecule has 2 saturated heterocycles. The predicted molar refractivity (Wildman–Crippen MR) is 65.4 cm³/mol. The van der Waals surface area contributed by atoms with Gasteiger partial charge in [-0.1, -0.05) is 0 Å². The van der Waals surface area contributed by atoms with Crippen LogP contribution in [-0.4, -0.2) is 47.3 Å². The molecule has 1 spiro atoms. The Bertz CT molecular complexity index is 446. The van der Waals surface area contributed by atoms with Crippen molar-refractivity contribution in [1.82, 2.24) is 15.2 Å². The van der Waals surface area contributed by atoms with Gasteiger partial charge in [0.15, 0.2) is 5.79 Å². The van der Waals surface area contributed by atoms with Gasteiger partial charge in [-0.05, 0) is 20.3 Å². The van der Waals surface area contributed by atoms with Crippen molar-refractivity contribution in [3.8, 4) is 0 Å². The minimum atomic E-state index is -0.444. The van der Waals surface area contributed by atoms with Crippen LogP contribution in [0.15, 0.2) is 0 Å². The Morgan fingerprint density at radius 3 is 2.61 bits per heavy atom. The molecule has 0 saturated carbocycles. The first-order valence-electron chi connectivity index (χ1n) is 6.39. The van der Waals surface area contributed by atoms with Gasteiger partial charge in [0.25, 0.3) is 0 Å². The lowest BCUT2D eigenvalue weighted by Gasteiger charge is -2.38. The van der Waals surface area contributed by atoms with E-state index in [0.29, 0.717) is 25.7 Å². The summed E-state index contributed by atoms with van der Waals surface area (Å²) >= 11 is 0. The lowest BCUT2D eigenvalue weighted by atomic mass is 10.1. The third kappa shape index (κ3) is 2.06. The first kappa shape index (κ1) is 11.8. The molecule has 18 heavy (non-hydrogen) atoms. The van der Waals surface area contributed by atoms with Gasteiger partial charge in [0.1, 0.15) is 0 Å². The monoisotopic (exact) mass is 250 g/mol. The van der Waals surface area contributed by atoms with E-state index in [2.05, 4.69) is 20.1 Å². The number of anilines is 1. The number of nitrogens with zero attached hydrogens (tertiary/aromatic N) is 4. The highest BCUT2D eigenvalue weighted by atomic mass is 16.7. The Morgan fingerprint density at radius 2 is 1.89 bits per heavy atom. The Labute approximate surface area is 106 Å². The molecule has 3 heterocycles. The minimum absolute atomic E-state index is 0.444. The van der Waals surface area contributed by atoms with Crippen molar-refractivity contribution in [2.75, 3.05) is 31.2 Å². The van der Waals surface area contributed by atoms with Crippen molar-refractivity contribution in [3.05, 3.63) is 11.4 Å². The predicted octanol–water partition coefficient (Wildman–Crippen LogP) is 0.832. The van der Waals surface area contributed by atoms with Gasteiger partial charge in [-0.3, -0.25) is 0 Å². The molecule has 0 atom stereocenters. The summed E-state index contributed by atoms with van der Waals surface area (Å²) in [6.07, 6.45) is 1.97. The second-order valence-corrected chi connectivity index (χ2v) is 4.92. The van der Waals surface area contributed by atoms with Crippen LogP contribution in [0.2, 0.25) is 0 Å². The molecule has 0 aromatic carbocycles. The fourth-order valence-corrected chi connectivity index (χ4v) is 2.47. The second kappa shape index (κ2) is 4.44. The van der Waals surface area contributed by atoms with E-state index in [1.165, 1.54) is 0 Å². The fourth-order valence-electron chi connectivity index (χ4n) is 2.47. The molecule has 0 unspecified atom stereocenters. The van der Waals surface area contributed by atoms with Crippen LogP contribution in [0.5, 0.6) is 0 Å². The largest absolute Gasteiger partial charge is 0.346 e. The molecule has 0 N–H and O–H groups in total. The van der Waals surface area contributed by atoms with E-state index in [1.54, 1.807) is 0 Å². The number of ether oxygens (including phenoxy) is 2. The quantitative estimate of drug-likeness (QED) is 0.736. The van der Waals surface area contributed by atoms with Crippen LogP contribution in [0.25, 0.3) is 0 Å². The van der Waals surface area contributed by atoms with Crippen molar-refractivity contribution in [1.29, 1.82) is 0 Å². The van der Waals surface area contributed by atoms with E-state index >= 15 is 0 Å². The van der Waals surface area contributed by atoms with E-state index in [9.17, 15) is 0 Å². The molecule has 0 amide bonds. The van der Waals surface area contributed by atoms with Gasteiger partial charge in [0.2, 0.25) is 5.95 Å². The maximum absolute atomic E-state index is 5.75. The average Bonchev–Trinajstić information content (AvgIpc) is 2.81. The average molecular weight is 250 g/mol. The lowest BCUT2D eigenvalue weighted by molar-refractivity contribution is -0.161. The topological polar surface area (TPSA) is 60.4 Å². The number of hydrogen-bond donors (Lipinski definition) is 0. The fraction of sp³-hybridized carbons (Fsp3) is 0.750. The van der Waals surface area contributed by atoms with Crippen LogP contribution in [0, 0.1) is 13.8 Å². The minimum Gasteiger partial charge on any atom is -0.346 e. The Balaban J connectivity index is 1.81. The van der Waals surface area contributed by atoms with Gasteiger partial charge >= 0.3 is 0 Å². The zero-order valence-corrected chi connectivity index (χ0v) is 10.8. The highest BCUT2D eigenvalue weighted by Gasteiger charge is 2.41. The summed E-state index contributed by atoms with van der Waals surface area (Å²) < 4.78 is 11.5. The molecule has 98 valence electrons. The van der Waals surface area contributed by atoms with E-state index < -0.39 is 5.79 Å². The Morgan fingerprint density at radius 1 is 1.11 bits per heavy atom. The van der Waals surface area contributed by atoms with Crippen molar-refractivity contribution in [2.45, 2.75) is 32.5 Å². The molecule has 0 radical (unpaired) electrons. The molecular weight excluding hydrogens is 232 g/mol. The van der Waals surface area contributed by atoms with E-state index in [0.717, 1.165) is 30.8 Å². The third-order valence-corrected chi connectivity index (χ3v) is 3.59. The van der Waals surface area contributed by atoms with Gasteiger partial charge < -0.3 is 14.4 Å². The highest BCUT2D eigenvalue weighted by molar-refractivity contribution is 5.31. The Kier molecular flexibility index (Phi) is 2.91. The molecule has 6 nitrogen and oxygen atoms in total. The van der Waals surface area contributed by atoms with Crippen LogP contribution < -0.4 is 4.90 Å². The third-order valence-electron chi connectivity index (χ3n) is 3.59. The SMILES string of the molecule is Cc1nnc(N2CCCC3(C2)OCCO3)nc1C. The van der Waals surface area contributed by atoms with E-state index in [1.807, 2.05) is 13.8 Å². The van der Waals surface area contributed by atoms with Crippen LogP contribution in [0.3, 0.4) is 0 Å². The summed E-state index contributed by atoms with van der Waals surface area (Å²) in [4.78, 5) is 6.60. The lowest BCUT2D eigenvalue weighted by Crippen LogP contribution is -2.49. The summed E-state index contributed by atoms with van der Waals surface area (Å²) in [7, 11) is 0. The number of aromatic nitrogens is 3. The zero-order valence-electron chi connectivity index (χ0n) is 10.8. The molecule has 3 rings (SSSR count). The molecule has 0 aliphatic carbocycles. The summed E-state index contributed by atoms with van der Waals surface area (Å²) in [5.74, 6) is 0.233. The summed E-state index contributed by atoms with van der Waals surface area (Å²) in [6, 6.07) is 0. The first-order valence-corrected chi connectivity index (χ1v) is 6.39. The number of aryl methyl sites for hydroxylation is 2. The first-order chi connectivity index (χ1) is 8.69. The second-order valence-electron chi connectivity index (χ2n) is 4.92. The van der Waals surface area contributed by atoms with Crippen molar-refractivity contribution in [2.24, 2.45) is 0 Å². The van der Waals surface area contributed by atoms with Gasteiger partial charge in [0, 0.05) is 13.0 Å². The molecule has 0 bridgehead atoms. The maximum Gasteiger partial charge on any atom is 0.245 e. The smallest absolute Gasteiger partial charge is 0.245 e. The molecule has 6 heteroatoms. The van der Waals surface area contributed by atoms with Crippen LogP contribution in [0.4, 0.5) is 5.95 Å².